The average Bonchev–Trinajstić information content (AvgIpc) is 2.94. The lowest BCUT2D eigenvalue weighted by Crippen LogP contribution is -2.48. The Morgan fingerprint density at radius 1 is 1.37 bits per heavy atom. The van der Waals surface area contributed by atoms with Crippen molar-refractivity contribution in [3.8, 4) is 0 Å². The topological polar surface area (TPSA) is 38.7 Å². The van der Waals surface area contributed by atoms with Gasteiger partial charge < -0.3 is 14.6 Å². The van der Waals surface area contributed by atoms with E-state index in [1.54, 1.807) is 11.3 Å². The minimum atomic E-state index is -0.733. The first-order valence-electron chi connectivity index (χ1n) is 7.10. The first kappa shape index (κ1) is 13.6. The summed E-state index contributed by atoms with van der Waals surface area (Å²) in [5.74, 6) is 0.276. The van der Waals surface area contributed by atoms with Crippen LogP contribution in [0, 0.1) is 5.92 Å². The SMILES string of the molecule is CC(O)(c1cccs1)C1CCOC2(CCOCC2)C1. The van der Waals surface area contributed by atoms with Crippen molar-refractivity contribution in [2.75, 3.05) is 19.8 Å². The zero-order valence-corrected chi connectivity index (χ0v) is 12.2. The standard InChI is InChI=1S/C15H22O3S/c1-14(16,13-3-2-10-19-13)12-4-7-18-15(11-12)5-8-17-9-6-15/h2-3,10,12,16H,4-9,11H2,1H3. The molecule has 3 rings (SSSR count). The molecule has 3 nitrogen and oxygen atoms in total. The lowest BCUT2D eigenvalue weighted by atomic mass is 9.73. The molecule has 1 aromatic rings. The molecule has 1 aromatic heterocycles. The number of hydrogen-bond donors (Lipinski definition) is 1. The van der Waals surface area contributed by atoms with Crippen LogP contribution >= 0.6 is 11.3 Å². The fourth-order valence-electron chi connectivity index (χ4n) is 3.37. The maximum Gasteiger partial charge on any atom is 0.0989 e. The van der Waals surface area contributed by atoms with Gasteiger partial charge in [0.25, 0.3) is 0 Å². The molecule has 2 fully saturated rings. The lowest BCUT2D eigenvalue weighted by Gasteiger charge is -2.47. The number of rotatable bonds is 2. The van der Waals surface area contributed by atoms with Gasteiger partial charge in [0.05, 0.1) is 11.2 Å². The van der Waals surface area contributed by atoms with Crippen LogP contribution in [0.1, 0.15) is 37.5 Å². The van der Waals surface area contributed by atoms with Crippen LogP contribution in [0.15, 0.2) is 17.5 Å². The van der Waals surface area contributed by atoms with E-state index in [0.717, 1.165) is 50.4 Å². The van der Waals surface area contributed by atoms with Crippen LogP contribution in [0.4, 0.5) is 0 Å². The summed E-state index contributed by atoms with van der Waals surface area (Å²) in [6.45, 7) is 4.29. The van der Waals surface area contributed by atoms with Gasteiger partial charge in [-0.2, -0.15) is 0 Å². The minimum absolute atomic E-state index is 0.0532. The predicted octanol–water partition coefficient (Wildman–Crippen LogP) is 2.93. The van der Waals surface area contributed by atoms with Gasteiger partial charge >= 0.3 is 0 Å². The van der Waals surface area contributed by atoms with Gasteiger partial charge in [-0.05, 0) is 50.0 Å². The largest absolute Gasteiger partial charge is 0.384 e. The second-order valence-electron chi connectivity index (χ2n) is 5.96. The molecule has 106 valence electrons. The molecule has 0 aromatic carbocycles. The Balaban J connectivity index is 1.77. The van der Waals surface area contributed by atoms with Gasteiger partial charge in [0, 0.05) is 24.7 Å². The summed E-state index contributed by atoms with van der Waals surface area (Å²) in [6.07, 6.45) is 3.81. The molecule has 2 aliphatic rings. The summed E-state index contributed by atoms with van der Waals surface area (Å²) in [6, 6.07) is 4.05. The molecule has 3 heterocycles. The van der Waals surface area contributed by atoms with Gasteiger partial charge in [-0.15, -0.1) is 11.3 Å². The number of hydrogen-bond acceptors (Lipinski definition) is 4. The van der Waals surface area contributed by atoms with Gasteiger partial charge in [-0.3, -0.25) is 0 Å². The second kappa shape index (κ2) is 5.17. The quantitative estimate of drug-likeness (QED) is 0.906. The Hall–Kier alpha value is -0.420. The third-order valence-electron chi connectivity index (χ3n) is 4.71. The molecule has 0 amide bonds. The van der Waals surface area contributed by atoms with E-state index in [9.17, 15) is 5.11 Å². The van der Waals surface area contributed by atoms with Crippen LogP contribution in [0.2, 0.25) is 0 Å². The first-order chi connectivity index (χ1) is 9.12. The smallest absolute Gasteiger partial charge is 0.0989 e. The summed E-state index contributed by atoms with van der Waals surface area (Å²) in [5, 5.41) is 13.0. The van der Waals surface area contributed by atoms with Crippen molar-refractivity contribution >= 4 is 11.3 Å². The molecule has 1 spiro atoms. The van der Waals surface area contributed by atoms with Crippen LogP contribution in [0.5, 0.6) is 0 Å². The van der Waals surface area contributed by atoms with E-state index < -0.39 is 5.60 Å². The summed E-state index contributed by atoms with van der Waals surface area (Å²) >= 11 is 1.64. The van der Waals surface area contributed by atoms with Crippen molar-refractivity contribution in [1.29, 1.82) is 0 Å². The van der Waals surface area contributed by atoms with Gasteiger partial charge in [0.1, 0.15) is 0 Å². The van der Waals surface area contributed by atoms with Gasteiger partial charge in [-0.25, -0.2) is 0 Å². The monoisotopic (exact) mass is 282 g/mol. The molecule has 4 heteroatoms. The Morgan fingerprint density at radius 2 is 2.16 bits per heavy atom. The molecule has 2 aliphatic heterocycles. The normalized spacial score (nSPS) is 30.1. The highest BCUT2D eigenvalue weighted by Gasteiger charge is 2.45. The summed E-state index contributed by atoms with van der Waals surface area (Å²) in [7, 11) is 0. The molecule has 0 saturated carbocycles. The Kier molecular flexibility index (Phi) is 3.69. The highest BCUT2D eigenvalue weighted by molar-refractivity contribution is 7.10. The Morgan fingerprint density at radius 3 is 2.84 bits per heavy atom. The van der Waals surface area contributed by atoms with E-state index in [1.165, 1.54) is 0 Å². The summed E-state index contributed by atoms with van der Waals surface area (Å²) in [4.78, 5) is 1.07. The minimum Gasteiger partial charge on any atom is -0.384 e. The third-order valence-corrected chi connectivity index (χ3v) is 5.81. The van der Waals surface area contributed by atoms with Crippen molar-refractivity contribution < 1.29 is 14.6 Å². The molecular formula is C15H22O3S. The summed E-state index contributed by atoms with van der Waals surface area (Å²) in [5.41, 5.74) is -0.786. The number of aliphatic hydroxyl groups is 1. The van der Waals surface area contributed by atoms with Crippen molar-refractivity contribution in [2.24, 2.45) is 5.92 Å². The van der Waals surface area contributed by atoms with Crippen LogP contribution in [-0.4, -0.2) is 30.5 Å². The zero-order chi connectivity index (χ0) is 13.3. The highest BCUT2D eigenvalue weighted by atomic mass is 32.1. The molecule has 2 atom stereocenters. The third kappa shape index (κ3) is 2.59. The average molecular weight is 282 g/mol. The molecule has 2 saturated heterocycles. The fourth-order valence-corrected chi connectivity index (χ4v) is 4.23. The van der Waals surface area contributed by atoms with Crippen molar-refractivity contribution in [1.82, 2.24) is 0 Å². The van der Waals surface area contributed by atoms with E-state index in [-0.39, 0.29) is 11.5 Å². The van der Waals surface area contributed by atoms with Gasteiger partial charge in [0.2, 0.25) is 0 Å². The molecule has 0 radical (unpaired) electrons. The van der Waals surface area contributed by atoms with Crippen LogP contribution in [0.25, 0.3) is 0 Å². The molecule has 0 aliphatic carbocycles. The van der Waals surface area contributed by atoms with Gasteiger partial charge in [-0.1, -0.05) is 6.07 Å². The van der Waals surface area contributed by atoms with Crippen LogP contribution in [0.3, 0.4) is 0 Å². The Labute approximate surface area is 118 Å². The fraction of sp³-hybridized carbons (Fsp3) is 0.733. The maximum absolute atomic E-state index is 10.9. The molecule has 1 N–H and O–H groups in total. The van der Waals surface area contributed by atoms with Crippen molar-refractivity contribution in [2.45, 2.75) is 43.8 Å². The van der Waals surface area contributed by atoms with E-state index >= 15 is 0 Å². The highest BCUT2D eigenvalue weighted by Crippen LogP contribution is 2.45. The maximum atomic E-state index is 10.9. The zero-order valence-electron chi connectivity index (χ0n) is 11.4. The van der Waals surface area contributed by atoms with Crippen LogP contribution < -0.4 is 0 Å². The molecule has 19 heavy (non-hydrogen) atoms. The second-order valence-corrected chi connectivity index (χ2v) is 6.91. The van der Waals surface area contributed by atoms with E-state index in [4.69, 9.17) is 9.47 Å². The van der Waals surface area contributed by atoms with E-state index in [2.05, 4.69) is 0 Å². The number of ether oxygens (including phenoxy) is 2. The van der Waals surface area contributed by atoms with E-state index in [0.29, 0.717) is 0 Å². The first-order valence-corrected chi connectivity index (χ1v) is 7.98. The van der Waals surface area contributed by atoms with Crippen LogP contribution in [-0.2, 0) is 15.1 Å². The predicted molar refractivity (Wildman–Crippen MR) is 75.3 cm³/mol. The lowest BCUT2D eigenvalue weighted by molar-refractivity contribution is -0.173. The molecule has 2 unspecified atom stereocenters. The Bertz CT molecular complexity index is 402. The van der Waals surface area contributed by atoms with Gasteiger partial charge in [0.15, 0.2) is 0 Å². The summed E-state index contributed by atoms with van der Waals surface area (Å²) < 4.78 is 11.5. The number of thiophene rings is 1. The van der Waals surface area contributed by atoms with Crippen molar-refractivity contribution in [3.63, 3.8) is 0 Å². The van der Waals surface area contributed by atoms with E-state index in [1.807, 2.05) is 24.4 Å². The van der Waals surface area contributed by atoms with Crippen molar-refractivity contribution in [3.05, 3.63) is 22.4 Å². The molecular weight excluding hydrogens is 260 g/mol. The molecule has 0 bridgehead atoms.